The topological polar surface area (TPSA) is 112 Å². The molecule has 1 aliphatic heterocycles. The lowest BCUT2D eigenvalue weighted by atomic mass is 10.1. The molecule has 8 nitrogen and oxygen atoms in total. The first-order valence-corrected chi connectivity index (χ1v) is 6.26. The van der Waals surface area contributed by atoms with E-state index >= 15 is 0 Å². The fourth-order valence-electron chi connectivity index (χ4n) is 2.35. The maximum Gasteiger partial charge on any atom is 0.289 e. The molecular weight excluding hydrogens is 260 g/mol. The standard InChI is InChI=1S/C12H16N6O2/c1-16-2-3-17(11(6-14)8-16)12-9(5-13)4-10(7-15-12)18(19)20/h4,7,11H,2-3,6,8,14H2,1H3. The summed E-state index contributed by atoms with van der Waals surface area (Å²) in [6.45, 7) is 2.74. The van der Waals surface area contributed by atoms with Gasteiger partial charge in [0.1, 0.15) is 23.6 Å². The molecule has 0 bridgehead atoms. The molecule has 0 saturated carbocycles. The summed E-state index contributed by atoms with van der Waals surface area (Å²) in [6.07, 6.45) is 1.18. The molecule has 2 rings (SSSR count). The SMILES string of the molecule is CN1CCN(c2ncc([N+](=O)[O-])cc2C#N)C(CN)C1. The Hall–Kier alpha value is -2.24. The quantitative estimate of drug-likeness (QED) is 0.607. The number of likely N-dealkylation sites (N-methyl/N-ethyl adjacent to an activating group) is 1. The van der Waals surface area contributed by atoms with Gasteiger partial charge in [0.2, 0.25) is 0 Å². The second-order valence-corrected chi connectivity index (χ2v) is 4.78. The molecular formula is C12H16N6O2. The van der Waals surface area contributed by atoms with E-state index in [-0.39, 0.29) is 17.3 Å². The molecule has 2 N–H and O–H groups in total. The average Bonchev–Trinajstić information content (AvgIpc) is 2.46. The van der Waals surface area contributed by atoms with E-state index in [2.05, 4.69) is 9.88 Å². The molecule has 0 aliphatic carbocycles. The van der Waals surface area contributed by atoms with Crippen LogP contribution >= 0.6 is 0 Å². The number of nitrogens with zero attached hydrogens (tertiary/aromatic N) is 5. The van der Waals surface area contributed by atoms with Crippen LogP contribution in [0.4, 0.5) is 11.5 Å². The van der Waals surface area contributed by atoms with E-state index in [4.69, 9.17) is 5.73 Å². The molecule has 106 valence electrons. The van der Waals surface area contributed by atoms with Gasteiger partial charge < -0.3 is 15.5 Å². The number of piperazine rings is 1. The summed E-state index contributed by atoms with van der Waals surface area (Å²) in [4.78, 5) is 18.4. The minimum atomic E-state index is -0.554. The van der Waals surface area contributed by atoms with Crippen LogP contribution in [0.25, 0.3) is 0 Å². The van der Waals surface area contributed by atoms with Crippen LogP contribution in [-0.4, -0.2) is 54.1 Å². The van der Waals surface area contributed by atoms with E-state index in [0.29, 0.717) is 18.9 Å². The summed E-state index contributed by atoms with van der Waals surface area (Å²) < 4.78 is 0. The molecule has 0 radical (unpaired) electrons. The molecule has 1 aliphatic rings. The fourth-order valence-corrected chi connectivity index (χ4v) is 2.35. The normalized spacial score (nSPS) is 19.6. The maximum absolute atomic E-state index is 10.7. The van der Waals surface area contributed by atoms with Crippen molar-refractivity contribution in [1.82, 2.24) is 9.88 Å². The van der Waals surface area contributed by atoms with Gasteiger partial charge in [-0.1, -0.05) is 0 Å². The lowest BCUT2D eigenvalue weighted by molar-refractivity contribution is -0.385. The summed E-state index contributed by atoms with van der Waals surface area (Å²) in [6, 6.07) is 3.29. The summed E-state index contributed by atoms with van der Waals surface area (Å²) in [5.74, 6) is 0.474. The Morgan fingerprint density at radius 3 is 3.00 bits per heavy atom. The maximum atomic E-state index is 10.7. The Labute approximate surface area is 116 Å². The number of hydrogen-bond acceptors (Lipinski definition) is 7. The molecule has 8 heteroatoms. The molecule has 1 atom stereocenters. The van der Waals surface area contributed by atoms with Gasteiger partial charge >= 0.3 is 0 Å². The second-order valence-electron chi connectivity index (χ2n) is 4.78. The molecule has 1 saturated heterocycles. The highest BCUT2D eigenvalue weighted by atomic mass is 16.6. The van der Waals surface area contributed by atoms with Gasteiger partial charge in [-0.05, 0) is 7.05 Å². The van der Waals surface area contributed by atoms with Gasteiger partial charge in [0, 0.05) is 32.2 Å². The molecule has 1 aromatic rings. The number of pyridine rings is 1. The van der Waals surface area contributed by atoms with Crippen molar-refractivity contribution in [3.05, 3.63) is 27.9 Å². The number of nitro groups is 1. The number of rotatable bonds is 3. The van der Waals surface area contributed by atoms with Crippen LogP contribution in [0.3, 0.4) is 0 Å². The third-order valence-electron chi connectivity index (χ3n) is 3.41. The van der Waals surface area contributed by atoms with Crippen molar-refractivity contribution in [2.75, 3.05) is 38.1 Å². The van der Waals surface area contributed by atoms with E-state index < -0.39 is 4.92 Å². The Morgan fingerprint density at radius 2 is 2.40 bits per heavy atom. The monoisotopic (exact) mass is 276 g/mol. The largest absolute Gasteiger partial charge is 0.349 e. The van der Waals surface area contributed by atoms with Gasteiger partial charge in [-0.25, -0.2) is 4.98 Å². The predicted molar refractivity (Wildman–Crippen MR) is 73.3 cm³/mol. The smallest absolute Gasteiger partial charge is 0.289 e. The zero-order chi connectivity index (χ0) is 14.7. The Kier molecular flexibility index (Phi) is 4.12. The summed E-state index contributed by atoms with van der Waals surface area (Å²) in [5, 5.41) is 19.9. The third kappa shape index (κ3) is 2.68. The first-order chi connectivity index (χ1) is 9.56. The fraction of sp³-hybridized carbons (Fsp3) is 0.500. The summed E-state index contributed by atoms with van der Waals surface area (Å²) in [5.41, 5.74) is 5.81. The van der Waals surface area contributed by atoms with Gasteiger partial charge in [0.05, 0.1) is 11.0 Å². The molecule has 0 amide bonds. The zero-order valence-corrected chi connectivity index (χ0v) is 11.2. The van der Waals surface area contributed by atoms with E-state index in [9.17, 15) is 15.4 Å². The van der Waals surface area contributed by atoms with Crippen molar-refractivity contribution >= 4 is 11.5 Å². The van der Waals surface area contributed by atoms with Crippen LogP contribution in [0.1, 0.15) is 5.56 Å². The van der Waals surface area contributed by atoms with Crippen LogP contribution in [0.5, 0.6) is 0 Å². The van der Waals surface area contributed by atoms with Crippen LogP contribution < -0.4 is 10.6 Å². The molecule has 2 heterocycles. The number of nitrogens with two attached hydrogens (primary N) is 1. The van der Waals surface area contributed by atoms with Crippen LogP contribution in [0.2, 0.25) is 0 Å². The van der Waals surface area contributed by atoms with Gasteiger partial charge in [-0.3, -0.25) is 10.1 Å². The van der Waals surface area contributed by atoms with E-state index in [1.54, 1.807) is 0 Å². The highest BCUT2D eigenvalue weighted by Crippen LogP contribution is 2.24. The van der Waals surface area contributed by atoms with Crippen molar-refractivity contribution in [3.63, 3.8) is 0 Å². The molecule has 1 unspecified atom stereocenters. The highest BCUT2D eigenvalue weighted by Gasteiger charge is 2.27. The highest BCUT2D eigenvalue weighted by molar-refractivity contribution is 5.58. The first kappa shape index (κ1) is 14.2. The Balaban J connectivity index is 2.36. The molecule has 1 fully saturated rings. The van der Waals surface area contributed by atoms with E-state index in [0.717, 1.165) is 13.1 Å². The minimum Gasteiger partial charge on any atom is -0.349 e. The van der Waals surface area contributed by atoms with E-state index in [1.165, 1.54) is 12.3 Å². The number of anilines is 1. The summed E-state index contributed by atoms with van der Waals surface area (Å²) >= 11 is 0. The minimum absolute atomic E-state index is 0.0507. The van der Waals surface area contributed by atoms with Crippen LogP contribution in [0.15, 0.2) is 12.3 Å². The molecule has 0 spiro atoms. The van der Waals surface area contributed by atoms with E-state index in [1.807, 2.05) is 18.0 Å². The Morgan fingerprint density at radius 1 is 1.65 bits per heavy atom. The number of hydrogen-bond donors (Lipinski definition) is 1. The van der Waals surface area contributed by atoms with Gasteiger partial charge in [0.15, 0.2) is 0 Å². The predicted octanol–water partition coefficient (Wildman–Crippen LogP) is -0.0594. The van der Waals surface area contributed by atoms with Crippen molar-refractivity contribution in [3.8, 4) is 6.07 Å². The molecule has 20 heavy (non-hydrogen) atoms. The average molecular weight is 276 g/mol. The summed E-state index contributed by atoms with van der Waals surface area (Å²) in [7, 11) is 2.01. The molecule has 1 aromatic heterocycles. The van der Waals surface area contributed by atoms with Crippen molar-refractivity contribution in [2.24, 2.45) is 5.73 Å². The van der Waals surface area contributed by atoms with Crippen LogP contribution in [0, 0.1) is 21.4 Å². The van der Waals surface area contributed by atoms with Crippen LogP contribution in [-0.2, 0) is 0 Å². The van der Waals surface area contributed by atoms with Gasteiger partial charge in [-0.2, -0.15) is 5.26 Å². The van der Waals surface area contributed by atoms with Crippen molar-refractivity contribution in [2.45, 2.75) is 6.04 Å². The number of nitriles is 1. The van der Waals surface area contributed by atoms with Gasteiger partial charge in [0.25, 0.3) is 5.69 Å². The third-order valence-corrected chi connectivity index (χ3v) is 3.41. The Bertz CT molecular complexity index is 555. The zero-order valence-electron chi connectivity index (χ0n) is 11.2. The number of aromatic nitrogens is 1. The lowest BCUT2D eigenvalue weighted by Gasteiger charge is -2.40. The van der Waals surface area contributed by atoms with Crippen molar-refractivity contribution < 1.29 is 4.92 Å². The molecule has 0 aromatic carbocycles. The first-order valence-electron chi connectivity index (χ1n) is 6.26. The lowest BCUT2D eigenvalue weighted by Crippen LogP contribution is -2.55. The van der Waals surface area contributed by atoms with Crippen molar-refractivity contribution in [1.29, 1.82) is 5.26 Å². The second kappa shape index (κ2) is 5.81. The van der Waals surface area contributed by atoms with Gasteiger partial charge in [-0.15, -0.1) is 0 Å².